The summed E-state index contributed by atoms with van der Waals surface area (Å²) in [5.74, 6) is 0. The zero-order valence-electron chi connectivity index (χ0n) is 15.3. The predicted octanol–water partition coefficient (Wildman–Crippen LogP) is 4.64. The molecule has 0 radical (unpaired) electrons. The fraction of sp³-hybridized carbons (Fsp3) is 0.261. The normalized spacial score (nSPS) is 15.9. The van der Waals surface area contributed by atoms with E-state index in [1.54, 1.807) is 0 Å². The molecule has 138 valence electrons. The van der Waals surface area contributed by atoms with Crippen LogP contribution in [0.1, 0.15) is 22.9 Å². The number of piperazine rings is 1. The highest BCUT2D eigenvalue weighted by Gasteiger charge is 2.26. The number of benzene rings is 2. The molecule has 3 aromatic rings. The minimum atomic E-state index is 0.304. The van der Waals surface area contributed by atoms with Gasteiger partial charge in [-0.05, 0) is 23.3 Å². The molecule has 1 fully saturated rings. The summed E-state index contributed by atoms with van der Waals surface area (Å²) in [6, 6.07) is 27.8. The lowest BCUT2D eigenvalue weighted by molar-refractivity contribution is 0.104. The van der Waals surface area contributed by atoms with E-state index in [0.717, 1.165) is 38.4 Å². The fourth-order valence-corrected chi connectivity index (χ4v) is 4.01. The van der Waals surface area contributed by atoms with E-state index >= 15 is 0 Å². The van der Waals surface area contributed by atoms with E-state index in [1.807, 2.05) is 12.1 Å². The third-order valence-electron chi connectivity index (χ3n) is 5.16. The minimum Gasteiger partial charge on any atom is -0.295 e. The van der Waals surface area contributed by atoms with Gasteiger partial charge in [-0.1, -0.05) is 78.3 Å². The summed E-state index contributed by atoms with van der Waals surface area (Å²) in [6.07, 6.45) is 0. The van der Waals surface area contributed by atoms with Gasteiger partial charge >= 0.3 is 0 Å². The molecular formula is C23H24ClN3. The lowest BCUT2D eigenvalue weighted by atomic mass is 9.96. The van der Waals surface area contributed by atoms with Crippen molar-refractivity contribution in [1.82, 2.24) is 14.8 Å². The standard InChI is InChI=1S/C23H24ClN3/c24-22-13-7-12-21(25-22)18-26-14-16-27(17-15-26)23(19-8-3-1-4-9-19)20-10-5-2-6-11-20/h1-13,23H,14-18H2. The largest absolute Gasteiger partial charge is 0.295 e. The molecule has 0 N–H and O–H groups in total. The zero-order chi connectivity index (χ0) is 18.5. The van der Waals surface area contributed by atoms with Gasteiger partial charge in [0.05, 0.1) is 11.7 Å². The van der Waals surface area contributed by atoms with Crippen molar-refractivity contribution < 1.29 is 0 Å². The maximum absolute atomic E-state index is 6.03. The van der Waals surface area contributed by atoms with Crippen molar-refractivity contribution in [3.8, 4) is 0 Å². The number of rotatable bonds is 5. The summed E-state index contributed by atoms with van der Waals surface area (Å²) in [4.78, 5) is 9.48. The maximum atomic E-state index is 6.03. The van der Waals surface area contributed by atoms with E-state index in [1.165, 1.54) is 11.1 Å². The second-order valence-corrected chi connectivity index (χ2v) is 7.37. The van der Waals surface area contributed by atoms with Crippen molar-refractivity contribution >= 4 is 11.6 Å². The first-order valence-electron chi connectivity index (χ1n) is 9.47. The van der Waals surface area contributed by atoms with E-state index < -0.39 is 0 Å². The Morgan fingerprint density at radius 3 is 1.89 bits per heavy atom. The summed E-state index contributed by atoms with van der Waals surface area (Å²) in [5, 5.41) is 0.569. The van der Waals surface area contributed by atoms with Gasteiger partial charge in [-0.2, -0.15) is 0 Å². The molecule has 1 aliphatic heterocycles. The van der Waals surface area contributed by atoms with Crippen LogP contribution in [0.5, 0.6) is 0 Å². The van der Waals surface area contributed by atoms with Gasteiger partial charge < -0.3 is 0 Å². The molecular weight excluding hydrogens is 354 g/mol. The van der Waals surface area contributed by atoms with Crippen molar-refractivity contribution in [2.75, 3.05) is 26.2 Å². The monoisotopic (exact) mass is 377 g/mol. The summed E-state index contributed by atoms with van der Waals surface area (Å²) in [7, 11) is 0. The molecule has 2 heterocycles. The molecule has 0 saturated carbocycles. The zero-order valence-corrected chi connectivity index (χ0v) is 16.1. The van der Waals surface area contributed by atoms with Gasteiger partial charge in [-0.3, -0.25) is 9.80 Å². The van der Waals surface area contributed by atoms with E-state index in [4.69, 9.17) is 11.6 Å². The van der Waals surface area contributed by atoms with Gasteiger partial charge in [0, 0.05) is 32.7 Å². The van der Waals surface area contributed by atoms with Gasteiger partial charge in [0.1, 0.15) is 5.15 Å². The minimum absolute atomic E-state index is 0.304. The number of halogens is 1. The molecule has 4 heteroatoms. The van der Waals surface area contributed by atoms with E-state index in [2.05, 4.69) is 81.5 Å². The van der Waals surface area contributed by atoms with Crippen LogP contribution in [-0.4, -0.2) is 41.0 Å². The molecule has 4 rings (SSSR count). The molecule has 1 saturated heterocycles. The van der Waals surface area contributed by atoms with Crippen molar-refractivity contribution in [2.24, 2.45) is 0 Å². The van der Waals surface area contributed by atoms with Crippen molar-refractivity contribution in [2.45, 2.75) is 12.6 Å². The van der Waals surface area contributed by atoms with Crippen LogP contribution in [0.25, 0.3) is 0 Å². The van der Waals surface area contributed by atoms with Crippen LogP contribution < -0.4 is 0 Å². The van der Waals surface area contributed by atoms with Crippen LogP contribution in [0.4, 0.5) is 0 Å². The Morgan fingerprint density at radius 1 is 0.741 bits per heavy atom. The molecule has 0 atom stereocenters. The van der Waals surface area contributed by atoms with Gasteiger partial charge in [-0.15, -0.1) is 0 Å². The van der Waals surface area contributed by atoms with Crippen LogP contribution in [0, 0.1) is 0 Å². The fourth-order valence-electron chi connectivity index (χ4n) is 3.83. The topological polar surface area (TPSA) is 19.4 Å². The Labute approximate surface area is 166 Å². The second kappa shape index (κ2) is 8.66. The Morgan fingerprint density at radius 2 is 1.33 bits per heavy atom. The Hall–Kier alpha value is -2.20. The van der Waals surface area contributed by atoms with Crippen molar-refractivity contribution in [3.05, 3.63) is 101 Å². The van der Waals surface area contributed by atoms with Crippen LogP contribution in [0.2, 0.25) is 5.15 Å². The lowest BCUT2D eigenvalue weighted by Crippen LogP contribution is -2.47. The third-order valence-corrected chi connectivity index (χ3v) is 5.37. The van der Waals surface area contributed by atoms with Gasteiger partial charge in [0.25, 0.3) is 0 Å². The lowest BCUT2D eigenvalue weighted by Gasteiger charge is -2.39. The third kappa shape index (κ3) is 4.56. The first-order chi connectivity index (χ1) is 13.3. The highest BCUT2D eigenvalue weighted by molar-refractivity contribution is 6.29. The van der Waals surface area contributed by atoms with Crippen LogP contribution in [-0.2, 0) is 6.54 Å². The van der Waals surface area contributed by atoms with Crippen molar-refractivity contribution in [1.29, 1.82) is 0 Å². The van der Waals surface area contributed by atoms with Crippen LogP contribution in [0.3, 0.4) is 0 Å². The summed E-state index contributed by atoms with van der Waals surface area (Å²) < 4.78 is 0. The Kier molecular flexibility index (Phi) is 5.83. The Bertz CT molecular complexity index is 806. The molecule has 0 amide bonds. The molecule has 0 bridgehead atoms. The summed E-state index contributed by atoms with van der Waals surface area (Å²) in [5.41, 5.74) is 3.75. The molecule has 1 aromatic heterocycles. The SMILES string of the molecule is Clc1cccc(CN2CCN(C(c3ccccc3)c3ccccc3)CC2)n1. The number of hydrogen-bond acceptors (Lipinski definition) is 3. The summed E-state index contributed by atoms with van der Waals surface area (Å²) >= 11 is 6.03. The van der Waals surface area contributed by atoms with Crippen molar-refractivity contribution in [3.63, 3.8) is 0 Å². The molecule has 1 aliphatic rings. The van der Waals surface area contributed by atoms with Crippen LogP contribution in [0.15, 0.2) is 78.9 Å². The maximum Gasteiger partial charge on any atom is 0.129 e. The first-order valence-corrected chi connectivity index (χ1v) is 9.85. The molecule has 0 aliphatic carbocycles. The average Bonchev–Trinajstić information content (AvgIpc) is 2.71. The van der Waals surface area contributed by atoms with Gasteiger partial charge in [-0.25, -0.2) is 4.98 Å². The van der Waals surface area contributed by atoms with E-state index in [0.29, 0.717) is 11.2 Å². The molecule has 0 unspecified atom stereocenters. The van der Waals surface area contributed by atoms with E-state index in [-0.39, 0.29) is 0 Å². The molecule has 27 heavy (non-hydrogen) atoms. The number of nitrogens with zero attached hydrogens (tertiary/aromatic N) is 3. The highest BCUT2D eigenvalue weighted by Crippen LogP contribution is 2.29. The molecule has 2 aromatic carbocycles. The van der Waals surface area contributed by atoms with Gasteiger partial charge in [0.2, 0.25) is 0 Å². The Balaban J connectivity index is 1.47. The number of pyridine rings is 1. The van der Waals surface area contributed by atoms with Gasteiger partial charge in [0.15, 0.2) is 0 Å². The number of aromatic nitrogens is 1. The molecule has 0 spiro atoms. The smallest absolute Gasteiger partial charge is 0.129 e. The first kappa shape index (κ1) is 18.2. The summed E-state index contributed by atoms with van der Waals surface area (Å²) in [6.45, 7) is 4.99. The molecule has 3 nitrogen and oxygen atoms in total. The average molecular weight is 378 g/mol. The van der Waals surface area contributed by atoms with Crippen LogP contribution >= 0.6 is 11.6 Å². The second-order valence-electron chi connectivity index (χ2n) is 6.99. The van der Waals surface area contributed by atoms with E-state index in [9.17, 15) is 0 Å². The number of hydrogen-bond donors (Lipinski definition) is 0. The quantitative estimate of drug-likeness (QED) is 0.604. The highest BCUT2D eigenvalue weighted by atomic mass is 35.5. The predicted molar refractivity (Wildman–Crippen MR) is 111 cm³/mol.